The van der Waals surface area contributed by atoms with Gasteiger partial charge in [-0.15, -0.1) is 0 Å². The number of aliphatic hydroxyl groups is 1. The molecule has 2 unspecified atom stereocenters. The third kappa shape index (κ3) is 3.24. The van der Waals surface area contributed by atoms with E-state index in [2.05, 4.69) is 32.9 Å². The van der Waals surface area contributed by atoms with Gasteiger partial charge in [0.2, 0.25) is 0 Å². The number of rotatable bonds is 5. The summed E-state index contributed by atoms with van der Waals surface area (Å²) in [4.78, 5) is 0. The van der Waals surface area contributed by atoms with E-state index in [1.165, 1.54) is 16.7 Å². The van der Waals surface area contributed by atoms with Gasteiger partial charge in [0, 0.05) is 6.61 Å². The van der Waals surface area contributed by atoms with Gasteiger partial charge in [0.15, 0.2) is 0 Å². The molecule has 0 radical (unpaired) electrons. The number of aryl methyl sites for hydroxylation is 3. The van der Waals surface area contributed by atoms with Crippen molar-refractivity contribution in [1.82, 2.24) is 0 Å². The number of hydrogen-bond acceptors (Lipinski definition) is 2. The molecule has 1 fully saturated rings. The summed E-state index contributed by atoms with van der Waals surface area (Å²) in [5.74, 6) is 0. The van der Waals surface area contributed by atoms with Crippen molar-refractivity contribution in [2.24, 2.45) is 0 Å². The van der Waals surface area contributed by atoms with Gasteiger partial charge in [0.25, 0.3) is 0 Å². The summed E-state index contributed by atoms with van der Waals surface area (Å²) in [6.07, 6.45) is 5.77. The van der Waals surface area contributed by atoms with Crippen LogP contribution in [0.25, 0.3) is 0 Å². The van der Waals surface area contributed by atoms with Crippen LogP contribution in [0.5, 0.6) is 0 Å². The van der Waals surface area contributed by atoms with Gasteiger partial charge in [-0.2, -0.15) is 0 Å². The van der Waals surface area contributed by atoms with E-state index in [9.17, 15) is 5.11 Å². The predicted molar refractivity (Wildman–Crippen MR) is 83.1 cm³/mol. The molecule has 2 rings (SSSR count). The molecule has 1 aromatic carbocycles. The predicted octanol–water partition coefficient (Wildman–Crippen LogP) is 3.98. The first-order valence-corrected chi connectivity index (χ1v) is 8.15. The molecule has 112 valence electrons. The highest BCUT2D eigenvalue weighted by molar-refractivity contribution is 5.41. The van der Waals surface area contributed by atoms with Gasteiger partial charge in [0.1, 0.15) is 6.10 Å². The Morgan fingerprint density at radius 3 is 2.20 bits per heavy atom. The van der Waals surface area contributed by atoms with E-state index in [1.54, 1.807) is 0 Å². The van der Waals surface area contributed by atoms with Crippen LogP contribution in [0.1, 0.15) is 68.4 Å². The van der Waals surface area contributed by atoms with E-state index in [4.69, 9.17) is 4.74 Å². The Kier molecular flexibility index (Phi) is 5.62. The maximum absolute atomic E-state index is 10.8. The molecular weight excluding hydrogens is 248 g/mol. The fraction of sp³-hybridized carbons (Fsp3) is 0.667. The highest BCUT2D eigenvalue weighted by Crippen LogP contribution is 2.32. The van der Waals surface area contributed by atoms with Gasteiger partial charge in [-0.1, -0.05) is 32.9 Å². The molecule has 1 aromatic rings. The quantitative estimate of drug-likeness (QED) is 0.881. The minimum absolute atomic E-state index is 0.0215. The highest BCUT2D eigenvalue weighted by atomic mass is 16.5. The molecule has 2 atom stereocenters. The number of ether oxygens (including phenoxy) is 1. The summed E-state index contributed by atoms with van der Waals surface area (Å²) < 4.78 is 5.80. The summed E-state index contributed by atoms with van der Waals surface area (Å²) in [6, 6.07) is 4.53. The molecule has 1 heterocycles. The second-order valence-electron chi connectivity index (χ2n) is 5.74. The fourth-order valence-electron chi connectivity index (χ4n) is 3.22. The Balaban J connectivity index is 2.36. The SMILES string of the molecule is CCc1cc(CC)c(C(O)C2CCCCO2)c(CC)c1. The van der Waals surface area contributed by atoms with Crippen molar-refractivity contribution in [2.45, 2.75) is 71.5 Å². The van der Waals surface area contributed by atoms with E-state index in [0.29, 0.717) is 0 Å². The van der Waals surface area contributed by atoms with Gasteiger partial charge < -0.3 is 9.84 Å². The highest BCUT2D eigenvalue weighted by Gasteiger charge is 2.27. The third-order valence-electron chi connectivity index (χ3n) is 4.44. The van der Waals surface area contributed by atoms with E-state index < -0.39 is 6.10 Å². The molecule has 1 saturated heterocycles. The maximum Gasteiger partial charge on any atom is 0.106 e. The summed E-state index contributed by atoms with van der Waals surface area (Å²) >= 11 is 0. The smallest absolute Gasteiger partial charge is 0.106 e. The Morgan fingerprint density at radius 2 is 1.75 bits per heavy atom. The van der Waals surface area contributed by atoms with Gasteiger partial charge in [-0.05, 0) is 60.8 Å². The topological polar surface area (TPSA) is 29.5 Å². The summed E-state index contributed by atoms with van der Waals surface area (Å²) in [7, 11) is 0. The first-order chi connectivity index (χ1) is 9.71. The first-order valence-electron chi connectivity index (χ1n) is 8.15. The largest absolute Gasteiger partial charge is 0.386 e. The molecule has 1 aliphatic rings. The Hall–Kier alpha value is -0.860. The van der Waals surface area contributed by atoms with E-state index in [1.807, 2.05) is 0 Å². The van der Waals surface area contributed by atoms with Crippen molar-refractivity contribution in [2.75, 3.05) is 6.61 Å². The maximum atomic E-state index is 10.8. The minimum atomic E-state index is -0.467. The van der Waals surface area contributed by atoms with Crippen molar-refractivity contribution >= 4 is 0 Å². The molecule has 0 aromatic heterocycles. The third-order valence-corrected chi connectivity index (χ3v) is 4.44. The van der Waals surface area contributed by atoms with Gasteiger partial charge in [-0.25, -0.2) is 0 Å². The van der Waals surface area contributed by atoms with Crippen molar-refractivity contribution in [3.05, 3.63) is 34.4 Å². The van der Waals surface area contributed by atoms with Crippen LogP contribution in [0.4, 0.5) is 0 Å². The Bertz CT molecular complexity index is 408. The zero-order chi connectivity index (χ0) is 14.5. The lowest BCUT2D eigenvalue weighted by atomic mass is 9.87. The van der Waals surface area contributed by atoms with Gasteiger partial charge in [-0.3, -0.25) is 0 Å². The second kappa shape index (κ2) is 7.24. The molecule has 0 saturated carbocycles. The number of aliphatic hydroxyl groups excluding tert-OH is 1. The molecule has 20 heavy (non-hydrogen) atoms. The molecule has 2 nitrogen and oxygen atoms in total. The van der Waals surface area contributed by atoms with Crippen LogP contribution in [0.2, 0.25) is 0 Å². The zero-order valence-corrected chi connectivity index (χ0v) is 13.1. The summed E-state index contributed by atoms with van der Waals surface area (Å²) in [5.41, 5.74) is 5.10. The van der Waals surface area contributed by atoms with Crippen LogP contribution in [-0.2, 0) is 24.0 Å². The van der Waals surface area contributed by atoms with Gasteiger partial charge >= 0.3 is 0 Å². The van der Waals surface area contributed by atoms with Crippen molar-refractivity contribution < 1.29 is 9.84 Å². The summed E-state index contributed by atoms with van der Waals surface area (Å²) in [6.45, 7) is 7.32. The molecule has 2 heteroatoms. The van der Waals surface area contributed by atoms with Crippen LogP contribution >= 0.6 is 0 Å². The fourth-order valence-corrected chi connectivity index (χ4v) is 3.22. The molecule has 0 aliphatic carbocycles. The standard InChI is InChI=1S/C18H28O2/c1-4-13-11-14(5-2)17(15(6-3)12-13)18(19)16-9-7-8-10-20-16/h11-12,16,18-19H,4-10H2,1-3H3. The number of hydrogen-bond donors (Lipinski definition) is 1. The minimum Gasteiger partial charge on any atom is -0.386 e. The lowest BCUT2D eigenvalue weighted by molar-refractivity contribution is -0.0638. The average molecular weight is 276 g/mol. The van der Waals surface area contributed by atoms with Crippen molar-refractivity contribution in [1.29, 1.82) is 0 Å². The molecule has 0 amide bonds. The molecular formula is C18H28O2. The molecule has 0 bridgehead atoms. The Labute approximate surface area is 123 Å². The van der Waals surface area contributed by atoms with Crippen LogP contribution in [-0.4, -0.2) is 17.8 Å². The van der Waals surface area contributed by atoms with Crippen LogP contribution < -0.4 is 0 Å². The summed E-state index contributed by atoms with van der Waals surface area (Å²) in [5, 5.41) is 10.8. The van der Waals surface area contributed by atoms with E-state index >= 15 is 0 Å². The van der Waals surface area contributed by atoms with Crippen LogP contribution in [0, 0.1) is 0 Å². The normalized spacial score (nSPS) is 20.9. The van der Waals surface area contributed by atoms with E-state index in [0.717, 1.165) is 50.7 Å². The van der Waals surface area contributed by atoms with Crippen molar-refractivity contribution in [3.63, 3.8) is 0 Å². The average Bonchev–Trinajstić information content (AvgIpc) is 2.53. The van der Waals surface area contributed by atoms with E-state index in [-0.39, 0.29) is 6.10 Å². The van der Waals surface area contributed by atoms with Crippen LogP contribution in [0.15, 0.2) is 12.1 Å². The molecule has 1 N–H and O–H groups in total. The Morgan fingerprint density at radius 1 is 1.10 bits per heavy atom. The monoisotopic (exact) mass is 276 g/mol. The second-order valence-corrected chi connectivity index (χ2v) is 5.74. The van der Waals surface area contributed by atoms with Crippen LogP contribution in [0.3, 0.4) is 0 Å². The first kappa shape index (κ1) is 15.5. The molecule has 1 aliphatic heterocycles. The lowest BCUT2D eigenvalue weighted by Crippen LogP contribution is -2.28. The number of benzene rings is 1. The van der Waals surface area contributed by atoms with Gasteiger partial charge in [0.05, 0.1) is 6.10 Å². The molecule has 0 spiro atoms. The zero-order valence-electron chi connectivity index (χ0n) is 13.1. The lowest BCUT2D eigenvalue weighted by Gasteiger charge is -2.30. The van der Waals surface area contributed by atoms with Crippen molar-refractivity contribution in [3.8, 4) is 0 Å².